The normalized spacial score (nSPS) is 13.3. The lowest BCUT2D eigenvalue weighted by molar-refractivity contribution is -0.143. The highest BCUT2D eigenvalue weighted by Crippen LogP contribution is 2.24. The lowest BCUT2D eigenvalue weighted by atomic mass is 9.82. The predicted molar refractivity (Wildman–Crippen MR) is 106 cm³/mol. The zero-order valence-corrected chi connectivity index (χ0v) is 15.6. The molecule has 0 aliphatic carbocycles. The molecule has 0 aliphatic heterocycles. The van der Waals surface area contributed by atoms with Gasteiger partial charge in [0.15, 0.2) is 0 Å². The average Bonchev–Trinajstić information content (AvgIpc) is 3.09. The summed E-state index contributed by atoms with van der Waals surface area (Å²) in [7, 11) is 0. The van der Waals surface area contributed by atoms with Crippen molar-refractivity contribution in [1.29, 1.82) is 0 Å². The van der Waals surface area contributed by atoms with E-state index in [2.05, 4.69) is 23.3 Å². The highest BCUT2D eigenvalue weighted by Gasteiger charge is 2.35. The molecule has 1 unspecified atom stereocenters. The van der Waals surface area contributed by atoms with Gasteiger partial charge in [0.25, 0.3) is 0 Å². The van der Waals surface area contributed by atoms with E-state index in [0.29, 0.717) is 5.56 Å². The Bertz CT molecular complexity index is 962. The van der Waals surface area contributed by atoms with Gasteiger partial charge in [0.05, 0.1) is 6.42 Å². The van der Waals surface area contributed by atoms with E-state index < -0.39 is 11.4 Å². The first-order valence-corrected chi connectivity index (χ1v) is 9.09. The fourth-order valence-electron chi connectivity index (χ4n) is 3.33. The molecule has 3 N–H and O–H groups in total. The van der Waals surface area contributed by atoms with E-state index >= 15 is 0 Å². The SMILES string of the molecule is CCc1cccc2c(CC(=O)NCC(C)(C(=O)O)c3ccccc3)c[nH]c12. The topological polar surface area (TPSA) is 82.2 Å². The molecule has 1 heterocycles. The fourth-order valence-corrected chi connectivity index (χ4v) is 3.33. The molecule has 0 aliphatic rings. The fraction of sp³-hybridized carbons (Fsp3) is 0.273. The van der Waals surface area contributed by atoms with Crippen LogP contribution in [0.1, 0.15) is 30.5 Å². The summed E-state index contributed by atoms with van der Waals surface area (Å²) in [5, 5.41) is 13.5. The minimum absolute atomic E-state index is 0.0355. The van der Waals surface area contributed by atoms with E-state index in [1.807, 2.05) is 24.4 Å². The summed E-state index contributed by atoms with van der Waals surface area (Å²) < 4.78 is 0. The van der Waals surface area contributed by atoms with Crippen molar-refractivity contribution < 1.29 is 14.7 Å². The molecule has 0 spiro atoms. The van der Waals surface area contributed by atoms with Crippen LogP contribution in [0.4, 0.5) is 0 Å². The molecule has 140 valence electrons. The molecule has 5 nitrogen and oxygen atoms in total. The second-order valence-corrected chi connectivity index (χ2v) is 6.96. The number of H-pyrrole nitrogens is 1. The highest BCUT2D eigenvalue weighted by atomic mass is 16.4. The number of amides is 1. The second-order valence-electron chi connectivity index (χ2n) is 6.96. The zero-order chi connectivity index (χ0) is 19.4. The monoisotopic (exact) mass is 364 g/mol. The van der Waals surface area contributed by atoms with Crippen molar-refractivity contribution in [2.75, 3.05) is 6.54 Å². The molecule has 0 saturated carbocycles. The smallest absolute Gasteiger partial charge is 0.315 e. The number of aromatic amines is 1. The maximum atomic E-state index is 12.5. The number of carboxylic acid groups (broad SMARTS) is 1. The number of hydrogen-bond donors (Lipinski definition) is 3. The zero-order valence-electron chi connectivity index (χ0n) is 15.6. The third-order valence-corrected chi connectivity index (χ3v) is 5.14. The van der Waals surface area contributed by atoms with Crippen LogP contribution < -0.4 is 5.32 Å². The number of aliphatic carboxylic acids is 1. The Labute approximate surface area is 158 Å². The van der Waals surface area contributed by atoms with Gasteiger partial charge in [-0.25, -0.2) is 0 Å². The first-order valence-electron chi connectivity index (χ1n) is 9.09. The van der Waals surface area contributed by atoms with Crippen molar-refractivity contribution in [2.45, 2.75) is 32.1 Å². The number of carbonyl (C=O) groups excluding carboxylic acids is 1. The Balaban J connectivity index is 1.73. The van der Waals surface area contributed by atoms with Crippen molar-refractivity contribution in [2.24, 2.45) is 0 Å². The van der Waals surface area contributed by atoms with Crippen LogP contribution >= 0.6 is 0 Å². The highest BCUT2D eigenvalue weighted by molar-refractivity contribution is 5.91. The molecule has 3 aromatic rings. The van der Waals surface area contributed by atoms with Gasteiger partial charge in [-0.1, -0.05) is 55.5 Å². The second kappa shape index (κ2) is 7.66. The van der Waals surface area contributed by atoms with Crippen molar-refractivity contribution in [1.82, 2.24) is 10.3 Å². The van der Waals surface area contributed by atoms with Gasteiger partial charge >= 0.3 is 5.97 Å². The molecule has 1 amide bonds. The number of aromatic nitrogens is 1. The van der Waals surface area contributed by atoms with Gasteiger partial charge in [0.1, 0.15) is 5.41 Å². The summed E-state index contributed by atoms with van der Waals surface area (Å²) in [6, 6.07) is 15.0. The van der Waals surface area contributed by atoms with Crippen LogP contribution in [0.25, 0.3) is 10.9 Å². The first-order chi connectivity index (χ1) is 13.0. The van der Waals surface area contributed by atoms with Gasteiger partial charge in [-0.2, -0.15) is 0 Å². The van der Waals surface area contributed by atoms with E-state index in [0.717, 1.165) is 22.9 Å². The molecule has 0 saturated heterocycles. The van der Waals surface area contributed by atoms with E-state index in [4.69, 9.17) is 0 Å². The van der Waals surface area contributed by atoms with Gasteiger partial charge in [-0.05, 0) is 30.0 Å². The molecule has 5 heteroatoms. The summed E-state index contributed by atoms with van der Waals surface area (Å²) in [6.07, 6.45) is 2.98. The molecule has 2 aromatic carbocycles. The number of para-hydroxylation sites is 1. The third kappa shape index (κ3) is 3.72. The molecule has 3 rings (SSSR count). The van der Waals surface area contributed by atoms with E-state index in [1.165, 1.54) is 5.56 Å². The standard InChI is InChI=1S/C22H24N2O3/c1-3-15-8-7-11-18-16(13-23-20(15)18)12-19(25)24-14-22(2,21(26)27)17-9-5-4-6-10-17/h4-11,13,23H,3,12,14H2,1-2H3,(H,24,25)(H,26,27). The van der Waals surface area contributed by atoms with Crippen LogP contribution in [0, 0.1) is 0 Å². The summed E-state index contributed by atoms with van der Waals surface area (Å²) in [4.78, 5) is 27.6. The van der Waals surface area contributed by atoms with Gasteiger partial charge < -0.3 is 15.4 Å². The van der Waals surface area contributed by atoms with Gasteiger partial charge in [0, 0.05) is 23.6 Å². The Kier molecular flexibility index (Phi) is 5.31. The van der Waals surface area contributed by atoms with Crippen LogP contribution in [-0.2, 0) is 27.8 Å². The number of benzene rings is 2. The van der Waals surface area contributed by atoms with Crippen molar-refractivity contribution in [3.63, 3.8) is 0 Å². The molecule has 1 aromatic heterocycles. The van der Waals surface area contributed by atoms with Crippen molar-refractivity contribution in [3.05, 3.63) is 71.4 Å². The Morgan fingerprint density at radius 1 is 1.07 bits per heavy atom. The van der Waals surface area contributed by atoms with Crippen molar-refractivity contribution in [3.8, 4) is 0 Å². The minimum Gasteiger partial charge on any atom is -0.481 e. The first kappa shape index (κ1) is 18.7. The van der Waals surface area contributed by atoms with Crippen LogP contribution in [0.3, 0.4) is 0 Å². The van der Waals surface area contributed by atoms with Crippen LogP contribution in [0.15, 0.2) is 54.7 Å². The van der Waals surface area contributed by atoms with Gasteiger partial charge in [-0.3, -0.25) is 9.59 Å². The third-order valence-electron chi connectivity index (χ3n) is 5.14. The Hall–Kier alpha value is -3.08. The number of nitrogens with one attached hydrogen (secondary N) is 2. The maximum Gasteiger partial charge on any atom is 0.315 e. The molecule has 27 heavy (non-hydrogen) atoms. The quantitative estimate of drug-likeness (QED) is 0.601. The number of hydrogen-bond acceptors (Lipinski definition) is 2. The molecule has 0 radical (unpaired) electrons. The van der Waals surface area contributed by atoms with E-state index in [-0.39, 0.29) is 18.9 Å². The predicted octanol–water partition coefficient (Wildman–Crippen LogP) is 3.43. The Morgan fingerprint density at radius 3 is 2.48 bits per heavy atom. The van der Waals surface area contributed by atoms with E-state index in [1.54, 1.807) is 31.2 Å². The molecule has 0 bridgehead atoms. The maximum absolute atomic E-state index is 12.5. The molecule has 1 atom stereocenters. The Morgan fingerprint density at radius 2 is 1.81 bits per heavy atom. The van der Waals surface area contributed by atoms with Gasteiger partial charge in [0.2, 0.25) is 5.91 Å². The molecule has 0 fully saturated rings. The number of fused-ring (bicyclic) bond motifs is 1. The summed E-state index contributed by atoms with van der Waals surface area (Å²) >= 11 is 0. The number of carbonyl (C=O) groups is 2. The summed E-state index contributed by atoms with van der Waals surface area (Å²) in [5.74, 6) is -1.16. The van der Waals surface area contributed by atoms with E-state index in [9.17, 15) is 14.7 Å². The van der Waals surface area contributed by atoms with Crippen LogP contribution in [0.5, 0.6) is 0 Å². The number of carboxylic acids is 1. The number of rotatable bonds is 7. The van der Waals surface area contributed by atoms with Gasteiger partial charge in [-0.15, -0.1) is 0 Å². The van der Waals surface area contributed by atoms with Crippen LogP contribution in [0.2, 0.25) is 0 Å². The lowest BCUT2D eigenvalue weighted by Crippen LogP contribution is -2.44. The summed E-state index contributed by atoms with van der Waals surface area (Å²) in [5.41, 5.74) is 2.67. The molecular formula is C22H24N2O3. The summed E-state index contributed by atoms with van der Waals surface area (Å²) in [6.45, 7) is 3.76. The van der Waals surface area contributed by atoms with Crippen molar-refractivity contribution >= 4 is 22.8 Å². The minimum atomic E-state index is -1.17. The van der Waals surface area contributed by atoms with Crippen LogP contribution in [-0.4, -0.2) is 28.5 Å². The number of aryl methyl sites for hydroxylation is 1. The molecular weight excluding hydrogens is 340 g/mol. The largest absolute Gasteiger partial charge is 0.481 e. The lowest BCUT2D eigenvalue weighted by Gasteiger charge is -2.25. The average molecular weight is 364 g/mol.